The Labute approximate surface area is 180 Å². The zero-order valence-corrected chi connectivity index (χ0v) is 18.9. The second-order valence-corrected chi connectivity index (χ2v) is 8.92. The van der Waals surface area contributed by atoms with E-state index in [0.717, 1.165) is 43.7 Å². The molecule has 1 aliphatic heterocycles. The molecule has 1 saturated carbocycles. The van der Waals surface area contributed by atoms with E-state index in [-0.39, 0.29) is 17.9 Å². The Kier molecular flexibility index (Phi) is 7.64. The largest absolute Gasteiger partial charge is 0.363 e. The number of carbonyl (C=O) groups is 2. The van der Waals surface area contributed by atoms with Crippen molar-refractivity contribution >= 4 is 17.6 Å². The van der Waals surface area contributed by atoms with Crippen molar-refractivity contribution in [1.29, 1.82) is 0 Å². The van der Waals surface area contributed by atoms with E-state index in [9.17, 15) is 9.59 Å². The Balaban J connectivity index is 1.67. The minimum atomic E-state index is -0.0685. The Morgan fingerprint density at radius 3 is 2.50 bits per heavy atom. The molecule has 1 aliphatic carbocycles. The molecule has 166 valence electrons. The van der Waals surface area contributed by atoms with Crippen molar-refractivity contribution < 1.29 is 9.59 Å². The van der Waals surface area contributed by atoms with Gasteiger partial charge in [-0.05, 0) is 32.7 Å². The fourth-order valence-electron chi connectivity index (χ4n) is 4.47. The minimum Gasteiger partial charge on any atom is -0.363 e. The molecule has 2 heterocycles. The van der Waals surface area contributed by atoms with Crippen LogP contribution >= 0.6 is 0 Å². The normalized spacial score (nSPS) is 19.9. The van der Waals surface area contributed by atoms with Gasteiger partial charge in [0.2, 0.25) is 11.8 Å². The zero-order valence-electron chi connectivity index (χ0n) is 18.9. The number of anilines is 1. The number of amides is 2. The summed E-state index contributed by atoms with van der Waals surface area (Å²) < 4.78 is 0. The lowest BCUT2D eigenvalue weighted by molar-refractivity contribution is -0.130. The van der Waals surface area contributed by atoms with E-state index in [0.29, 0.717) is 25.0 Å². The maximum atomic E-state index is 12.4. The van der Waals surface area contributed by atoms with Gasteiger partial charge in [0.1, 0.15) is 5.82 Å². The molecule has 0 radical (unpaired) electrons. The molecule has 1 N–H and O–H groups in total. The molecule has 8 nitrogen and oxygen atoms in total. The molecule has 3 rings (SSSR count). The van der Waals surface area contributed by atoms with Crippen LogP contribution in [0.3, 0.4) is 0 Å². The molecule has 1 aromatic rings. The minimum absolute atomic E-state index is 0.0643. The number of rotatable bonds is 7. The number of hydrogen-bond acceptors (Lipinski definition) is 6. The van der Waals surface area contributed by atoms with Gasteiger partial charge in [0.15, 0.2) is 5.82 Å². The average Bonchev–Trinajstić information content (AvgIpc) is 3.18. The predicted molar refractivity (Wildman–Crippen MR) is 117 cm³/mol. The summed E-state index contributed by atoms with van der Waals surface area (Å²) in [6.07, 6.45) is 7.72. The van der Waals surface area contributed by atoms with Crippen molar-refractivity contribution in [1.82, 2.24) is 25.1 Å². The van der Waals surface area contributed by atoms with Gasteiger partial charge in [-0.1, -0.05) is 19.3 Å². The molecule has 8 heteroatoms. The molecule has 1 saturated heterocycles. The van der Waals surface area contributed by atoms with Gasteiger partial charge < -0.3 is 15.1 Å². The summed E-state index contributed by atoms with van der Waals surface area (Å²) >= 11 is 0. The van der Waals surface area contributed by atoms with Crippen molar-refractivity contribution in [2.24, 2.45) is 0 Å². The molecule has 0 aromatic carbocycles. The summed E-state index contributed by atoms with van der Waals surface area (Å²) in [5.41, 5.74) is 0.868. The summed E-state index contributed by atoms with van der Waals surface area (Å²) in [6.45, 7) is 3.26. The van der Waals surface area contributed by atoms with E-state index in [4.69, 9.17) is 9.97 Å². The highest BCUT2D eigenvalue weighted by Gasteiger charge is 2.31. The molecule has 2 fully saturated rings. The smallest absolute Gasteiger partial charge is 0.234 e. The molecule has 1 aromatic heterocycles. The highest BCUT2D eigenvalue weighted by Crippen LogP contribution is 2.31. The number of nitrogens with zero attached hydrogens (tertiary/aromatic N) is 5. The Morgan fingerprint density at radius 2 is 1.83 bits per heavy atom. The van der Waals surface area contributed by atoms with E-state index in [1.807, 2.05) is 41.9 Å². The van der Waals surface area contributed by atoms with Crippen LogP contribution in [0.2, 0.25) is 0 Å². The fourth-order valence-corrected chi connectivity index (χ4v) is 4.47. The van der Waals surface area contributed by atoms with Gasteiger partial charge in [0, 0.05) is 46.2 Å². The lowest BCUT2D eigenvalue weighted by Gasteiger charge is -2.25. The first-order valence-electron chi connectivity index (χ1n) is 11.1. The SMILES string of the molecule is CC(=O)N1CCC[C@@H]1c1nc(CN(C)CC(=O)NC2CCCCC2)cc(N(C)C)n1. The van der Waals surface area contributed by atoms with E-state index in [1.54, 1.807) is 6.92 Å². The summed E-state index contributed by atoms with van der Waals surface area (Å²) in [4.78, 5) is 39.8. The molecule has 2 aliphatic rings. The summed E-state index contributed by atoms with van der Waals surface area (Å²) in [5, 5.41) is 3.17. The highest BCUT2D eigenvalue weighted by molar-refractivity contribution is 5.78. The van der Waals surface area contributed by atoms with Gasteiger partial charge in [-0.25, -0.2) is 9.97 Å². The highest BCUT2D eigenvalue weighted by atomic mass is 16.2. The van der Waals surface area contributed by atoms with E-state index in [2.05, 4.69) is 5.32 Å². The van der Waals surface area contributed by atoms with Crippen molar-refractivity contribution in [3.05, 3.63) is 17.6 Å². The number of aromatic nitrogens is 2. The molecule has 0 bridgehead atoms. The van der Waals surface area contributed by atoms with Crippen molar-refractivity contribution in [2.75, 3.05) is 39.1 Å². The lowest BCUT2D eigenvalue weighted by Crippen LogP contribution is -2.41. The van der Waals surface area contributed by atoms with Crippen LogP contribution in [0.4, 0.5) is 5.82 Å². The first-order valence-corrected chi connectivity index (χ1v) is 11.1. The van der Waals surface area contributed by atoms with Gasteiger partial charge in [-0.3, -0.25) is 14.5 Å². The second kappa shape index (κ2) is 10.2. The topological polar surface area (TPSA) is 81.7 Å². The van der Waals surface area contributed by atoms with Gasteiger partial charge in [0.25, 0.3) is 0 Å². The average molecular weight is 417 g/mol. The molecule has 0 spiro atoms. The third-order valence-corrected chi connectivity index (χ3v) is 6.01. The monoisotopic (exact) mass is 416 g/mol. The van der Waals surface area contributed by atoms with Gasteiger partial charge in [-0.15, -0.1) is 0 Å². The van der Waals surface area contributed by atoms with Crippen molar-refractivity contribution in [2.45, 2.75) is 70.5 Å². The van der Waals surface area contributed by atoms with Crippen LogP contribution in [0, 0.1) is 0 Å². The maximum Gasteiger partial charge on any atom is 0.234 e. The van der Waals surface area contributed by atoms with Crippen molar-refractivity contribution in [3.63, 3.8) is 0 Å². The molecule has 1 atom stereocenters. The Hall–Kier alpha value is -2.22. The first kappa shape index (κ1) is 22.5. The van der Waals surface area contributed by atoms with Crippen LogP contribution in [0.25, 0.3) is 0 Å². The van der Waals surface area contributed by atoms with Crippen molar-refractivity contribution in [3.8, 4) is 0 Å². The van der Waals surface area contributed by atoms with Crippen LogP contribution < -0.4 is 10.2 Å². The third kappa shape index (κ3) is 5.90. The number of carbonyl (C=O) groups excluding carboxylic acids is 2. The Bertz CT molecular complexity index is 747. The van der Waals surface area contributed by atoms with E-state index in [1.165, 1.54) is 19.3 Å². The first-order chi connectivity index (χ1) is 14.3. The second-order valence-electron chi connectivity index (χ2n) is 8.92. The van der Waals surface area contributed by atoms with Crippen LogP contribution in [0.15, 0.2) is 6.07 Å². The van der Waals surface area contributed by atoms with Gasteiger partial charge >= 0.3 is 0 Å². The standard InChI is InChI=1S/C22H36N6O2/c1-16(29)28-12-8-11-19(28)22-24-18(13-20(25-22)26(2)3)14-27(4)15-21(30)23-17-9-6-5-7-10-17/h13,17,19H,5-12,14-15H2,1-4H3,(H,23,30)/t19-/m1/s1. The fraction of sp³-hybridized carbons (Fsp3) is 0.727. The maximum absolute atomic E-state index is 12.4. The number of likely N-dealkylation sites (tertiary alicyclic amines) is 1. The van der Waals surface area contributed by atoms with Gasteiger partial charge in [0.05, 0.1) is 18.3 Å². The van der Waals surface area contributed by atoms with Crippen LogP contribution in [0.1, 0.15) is 69.4 Å². The molecule has 30 heavy (non-hydrogen) atoms. The molecule has 0 unspecified atom stereocenters. The Morgan fingerprint density at radius 1 is 1.10 bits per heavy atom. The van der Waals surface area contributed by atoms with Crippen LogP contribution in [-0.2, 0) is 16.1 Å². The van der Waals surface area contributed by atoms with E-state index < -0.39 is 0 Å². The third-order valence-electron chi connectivity index (χ3n) is 6.01. The zero-order chi connectivity index (χ0) is 21.7. The molecular formula is C22H36N6O2. The summed E-state index contributed by atoms with van der Waals surface area (Å²) in [5.74, 6) is 1.66. The molecule has 2 amide bonds. The molecular weight excluding hydrogens is 380 g/mol. The number of likely N-dealkylation sites (N-methyl/N-ethyl adjacent to an activating group) is 1. The van der Waals surface area contributed by atoms with Crippen LogP contribution in [0.5, 0.6) is 0 Å². The summed E-state index contributed by atoms with van der Waals surface area (Å²) in [6, 6.07) is 2.22. The predicted octanol–water partition coefficient (Wildman–Crippen LogP) is 2.11. The number of nitrogens with one attached hydrogen (secondary N) is 1. The quantitative estimate of drug-likeness (QED) is 0.733. The lowest BCUT2D eigenvalue weighted by atomic mass is 9.95. The van der Waals surface area contributed by atoms with E-state index >= 15 is 0 Å². The van der Waals surface area contributed by atoms with Gasteiger partial charge in [-0.2, -0.15) is 0 Å². The van der Waals surface area contributed by atoms with Crippen LogP contribution in [-0.4, -0.2) is 71.9 Å². The summed E-state index contributed by atoms with van der Waals surface area (Å²) in [7, 11) is 5.85. The number of hydrogen-bond donors (Lipinski definition) is 1.